The Morgan fingerprint density at radius 3 is 2.65 bits per heavy atom. The first kappa shape index (κ1) is 12.4. The molecule has 0 unspecified atom stereocenters. The van der Waals surface area contributed by atoms with Crippen molar-refractivity contribution < 1.29 is 4.52 Å². The molecule has 3 N–H and O–H groups in total. The van der Waals surface area contributed by atoms with Gasteiger partial charge < -0.3 is 15.2 Å². The standard InChI is InChI=1S/C13H13N5O2/c1-8-7-15-13(19)18(8)10-4-2-9(3-5-10)12-16-11(6-14)20-17-12/h2-5,7H,6,14H2,1H3,(H,15,19). The van der Waals surface area contributed by atoms with Gasteiger partial charge in [-0.1, -0.05) is 5.16 Å². The van der Waals surface area contributed by atoms with Gasteiger partial charge in [-0.05, 0) is 31.2 Å². The summed E-state index contributed by atoms with van der Waals surface area (Å²) in [5, 5.41) is 3.84. The minimum atomic E-state index is -0.166. The molecule has 0 aliphatic rings. The molecular weight excluding hydrogens is 258 g/mol. The van der Waals surface area contributed by atoms with Crippen molar-refractivity contribution in [2.75, 3.05) is 0 Å². The van der Waals surface area contributed by atoms with Crippen LogP contribution in [-0.2, 0) is 6.54 Å². The fourth-order valence-electron chi connectivity index (χ4n) is 1.99. The van der Waals surface area contributed by atoms with Gasteiger partial charge in [-0.2, -0.15) is 4.98 Å². The van der Waals surface area contributed by atoms with Crippen molar-refractivity contribution in [1.82, 2.24) is 19.7 Å². The van der Waals surface area contributed by atoms with Gasteiger partial charge in [0.25, 0.3) is 0 Å². The van der Waals surface area contributed by atoms with Crippen LogP contribution in [0, 0.1) is 6.92 Å². The molecule has 102 valence electrons. The monoisotopic (exact) mass is 271 g/mol. The molecule has 0 spiro atoms. The Morgan fingerprint density at radius 1 is 1.35 bits per heavy atom. The molecule has 0 saturated carbocycles. The number of hydrogen-bond acceptors (Lipinski definition) is 5. The summed E-state index contributed by atoms with van der Waals surface area (Å²) in [6.07, 6.45) is 1.67. The molecule has 3 rings (SSSR count). The highest BCUT2D eigenvalue weighted by Crippen LogP contribution is 2.18. The van der Waals surface area contributed by atoms with E-state index in [9.17, 15) is 4.79 Å². The number of aromatic nitrogens is 4. The van der Waals surface area contributed by atoms with Crippen molar-refractivity contribution in [3.05, 3.63) is 52.5 Å². The highest BCUT2D eigenvalue weighted by molar-refractivity contribution is 5.56. The summed E-state index contributed by atoms with van der Waals surface area (Å²) in [7, 11) is 0. The van der Waals surface area contributed by atoms with E-state index in [1.165, 1.54) is 0 Å². The van der Waals surface area contributed by atoms with Gasteiger partial charge in [0, 0.05) is 17.5 Å². The lowest BCUT2D eigenvalue weighted by atomic mass is 10.2. The molecule has 20 heavy (non-hydrogen) atoms. The van der Waals surface area contributed by atoms with Gasteiger partial charge in [0.1, 0.15) is 0 Å². The Morgan fingerprint density at radius 2 is 2.10 bits per heavy atom. The van der Waals surface area contributed by atoms with Crippen molar-refractivity contribution in [2.24, 2.45) is 5.73 Å². The Hall–Kier alpha value is -2.67. The Kier molecular flexibility index (Phi) is 2.96. The van der Waals surface area contributed by atoms with Crippen molar-refractivity contribution in [3.63, 3.8) is 0 Å². The lowest BCUT2D eigenvalue weighted by Crippen LogP contribution is -2.15. The molecule has 2 aromatic heterocycles. The molecule has 0 bridgehead atoms. The zero-order valence-electron chi connectivity index (χ0n) is 10.8. The Labute approximate surface area is 114 Å². The van der Waals surface area contributed by atoms with E-state index in [0.717, 1.165) is 16.9 Å². The summed E-state index contributed by atoms with van der Waals surface area (Å²) in [6.45, 7) is 2.07. The molecule has 0 atom stereocenters. The molecule has 0 radical (unpaired) electrons. The number of benzene rings is 1. The van der Waals surface area contributed by atoms with Crippen LogP contribution in [0.3, 0.4) is 0 Å². The number of aromatic amines is 1. The predicted octanol–water partition coefficient (Wildman–Crippen LogP) is 0.983. The van der Waals surface area contributed by atoms with Crippen LogP contribution in [0.25, 0.3) is 17.1 Å². The third-order valence-corrected chi connectivity index (χ3v) is 2.99. The molecule has 7 nitrogen and oxygen atoms in total. The number of H-pyrrole nitrogens is 1. The number of hydrogen-bond donors (Lipinski definition) is 2. The first-order valence-corrected chi connectivity index (χ1v) is 6.09. The SMILES string of the molecule is Cc1c[nH]c(=O)n1-c1ccc(-c2noc(CN)n2)cc1. The van der Waals surface area contributed by atoms with E-state index in [4.69, 9.17) is 10.3 Å². The summed E-state index contributed by atoms with van der Waals surface area (Å²) >= 11 is 0. The number of imidazole rings is 1. The number of nitrogens with one attached hydrogen (secondary N) is 1. The average Bonchev–Trinajstić information content (AvgIpc) is 3.06. The van der Waals surface area contributed by atoms with Crippen LogP contribution >= 0.6 is 0 Å². The summed E-state index contributed by atoms with van der Waals surface area (Å²) in [5.74, 6) is 0.872. The number of nitrogens with zero attached hydrogens (tertiary/aromatic N) is 3. The topological polar surface area (TPSA) is 103 Å². The zero-order valence-corrected chi connectivity index (χ0v) is 10.8. The van der Waals surface area contributed by atoms with Gasteiger partial charge >= 0.3 is 5.69 Å². The smallest absolute Gasteiger partial charge is 0.330 e. The van der Waals surface area contributed by atoms with Crippen LogP contribution in [0.15, 0.2) is 39.8 Å². The van der Waals surface area contributed by atoms with Crippen LogP contribution in [0.2, 0.25) is 0 Å². The third kappa shape index (κ3) is 2.04. The van der Waals surface area contributed by atoms with E-state index < -0.39 is 0 Å². The maximum Gasteiger partial charge on any atom is 0.330 e. The van der Waals surface area contributed by atoms with Gasteiger partial charge in [0.15, 0.2) is 0 Å². The van der Waals surface area contributed by atoms with Crippen LogP contribution < -0.4 is 11.4 Å². The first-order valence-electron chi connectivity index (χ1n) is 6.09. The van der Waals surface area contributed by atoms with E-state index in [1.54, 1.807) is 10.8 Å². The van der Waals surface area contributed by atoms with Crippen LogP contribution in [-0.4, -0.2) is 19.7 Å². The van der Waals surface area contributed by atoms with Crippen molar-refractivity contribution in [2.45, 2.75) is 13.5 Å². The number of aryl methyl sites for hydroxylation is 1. The predicted molar refractivity (Wildman–Crippen MR) is 72.3 cm³/mol. The summed E-state index contributed by atoms with van der Waals surface area (Å²) in [6, 6.07) is 7.32. The van der Waals surface area contributed by atoms with Crippen molar-refractivity contribution >= 4 is 0 Å². The lowest BCUT2D eigenvalue weighted by Gasteiger charge is -2.04. The molecule has 3 aromatic rings. The Bertz CT molecular complexity index is 782. The van der Waals surface area contributed by atoms with Crippen molar-refractivity contribution in [1.29, 1.82) is 0 Å². The summed E-state index contributed by atoms with van der Waals surface area (Å²) < 4.78 is 6.55. The molecule has 2 heterocycles. The van der Waals surface area contributed by atoms with E-state index in [2.05, 4.69) is 15.1 Å². The maximum atomic E-state index is 11.7. The quantitative estimate of drug-likeness (QED) is 0.739. The summed E-state index contributed by atoms with van der Waals surface area (Å²) in [5.41, 5.74) is 7.68. The average molecular weight is 271 g/mol. The molecule has 0 amide bonds. The fraction of sp³-hybridized carbons (Fsp3) is 0.154. The van der Waals surface area contributed by atoms with E-state index in [1.807, 2.05) is 31.2 Å². The van der Waals surface area contributed by atoms with E-state index in [-0.39, 0.29) is 12.2 Å². The second-order valence-corrected chi connectivity index (χ2v) is 4.33. The maximum absolute atomic E-state index is 11.7. The highest BCUT2D eigenvalue weighted by atomic mass is 16.5. The van der Waals surface area contributed by atoms with Gasteiger partial charge in [-0.25, -0.2) is 4.79 Å². The normalized spacial score (nSPS) is 10.9. The minimum absolute atomic E-state index is 0.166. The molecule has 0 fully saturated rings. The minimum Gasteiger partial charge on any atom is -0.338 e. The number of nitrogens with two attached hydrogens (primary N) is 1. The van der Waals surface area contributed by atoms with Crippen LogP contribution in [0.5, 0.6) is 0 Å². The number of rotatable bonds is 3. The second kappa shape index (κ2) is 4.78. The van der Waals surface area contributed by atoms with Crippen LogP contribution in [0.1, 0.15) is 11.6 Å². The first-order chi connectivity index (χ1) is 9.69. The highest BCUT2D eigenvalue weighted by Gasteiger charge is 2.09. The molecule has 7 heteroatoms. The van der Waals surface area contributed by atoms with E-state index in [0.29, 0.717) is 11.7 Å². The Balaban J connectivity index is 1.97. The van der Waals surface area contributed by atoms with Gasteiger partial charge in [-0.3, -0.25) is 4.57 Å². The molecule has 0 saturated heterocycles. The molecular formula is C13H13N5O2. The van der Waals surface area contributed by atoms with Crippen LogP contribution in [0.4, 0.5) is 0 Å². The molecule has 0 aliphatic heterocycles. The second-order valence-electron chi connectivity index (χ2n) is 4.33. The fourth-order valence-corrected chi connectivity index (χ4v) is 1.99. The van der Waals surface area contributed by atoms with E-state index >= 15 is 0 Å². The molecule has 0 aliphatic carbocycles. The van der Waals surface area contributed by atoms with Gasteiger partial charge in [0.2, 0.25) is 11.7 Å². The molecule has 1 aromatic carbocycles. The third-order valence-electron chi connectivity index (χ3n) is 2.99. The van der Waals surface area contributed by atoms with Gasteiger partial charge in [0.05, 0.1) is 12.2 Å². The summed E-state index contributed by atoms with van der Waals surface area (Å²) in [4.78, 5) is 18.5. The lowest BCUT2D eigenvalue weighted by molar-refractivity contribution is 0.380. The zero-order chi connectivity index (χ0) is 14.1. The largest absolute Gasteiger partial charge is 0.338 e. The van der Waals surface area contributed by atoms with Crippen molar-refractivity contribution in [3.8, 4) is 17.1 Å². The van der Waals surface area contributed by atoms with Gasteiger partial charge in [-0.15, -0.1) is 0 Å².